The second-order valence-corrected chi connectivity index (χ2v) is 15.4. The van der Waals surface area contributed by atoms with E-state index in [4.69, 9.17) is 11.5 Å². The van der Waals surface area contributed by atoms with Crippen LogP contribution in [0.3, 0.4) is 0 Å². The minimum Gasteiger partial charge on any atom is -0.385 e. The first-order chi connectivity index (χ1) is 23.0. The summed E-state index contributed by atoms with van der Waals surface area (Å²) in [5.41, 5.74) is 26.4. The number of rotatable bonds is 12. The normalized spacial score (nSPS) is 18.1. The number of allylic oxidation sites excluding steroid dienone is 5. The topological polar surface area (TPSA) is 70.5 Å². The number of hydrogen-bond acceptors (Lipinski definition) is 5. The molecule has 0 amide bonds. The molecular formula is C43H57N5. The van der Waals surface area contributed by atoms with Crippen molar-refractivity contribution < 1.29 is 0 Å². The summed E-state index contributed by atoms with van der Waals surface area (Å²) in [6, 6.07) is 20.8. The summed E-state index contributed by atoms with van der Waals surface area (Å²) in [7, 11) is 4.18. The van der Waals surface area contributed by atoms with Gasteiger partial charge in [-0.15, -0.1) is 0 Å². The van der Waals surface area contributed by atoms with E-state index in [0.29, 0.717) is 13.1 Å². The highest BCUT2D eigenvalue weighted by Crippen LogP contribution is 2.62. The fourth-order valence-electron chi connectivity index (χ4n) is 8.74. The van der Waals surface area contributed by atoms with Crippen molar-refractivity contribution in [2.24, 2.45) is 11.5 Å². The average molecular weight is 644 g/mol. The lowest BCUT2D eigenvalue weighted by Crippen LogP contribution is -2.28. The third kappa shape index (κ3) is 5.59. The predicted molar refractivity (Wildman–Crippen MR) is 207 cm³/mol. The minimum absolute atomic E-state index is 0.163. The molecule has 3 aliphatic rings. The Labute approximate surface area is 289 Å². The van der Waals surface area contributed by atoms with Crippen LogP contribution >= 0.6 is 0 Å². The highest BCUT2D eigenvalue weighted by Gasteiger charge is 2.50. The first-order valence-electron chi connectivity index (χ1n) is 18.1. The molecule has 3 aromatic rings. The van der Waals surface area contributed by atoms with Crippen LogP contribution < -0.4 is 26.6 Å². The molecule has 5 N–H and O–H groups in total. The molecule has 1 spiro atoms. The molecule has 0 bridgehead atoms. The minimum atomic E-state index is -0.292. The van der Waals surface area contributed by atoms with E-state index in [1.165, 1.54) is 65.0 Å². The van der Waals surface area contributed by atoms with Gasteiger partial charge in [0.1, 0.15) is 0 Å². The number of anilines is 3. The Morgan fingerprint density at radius 1 is 0.979 bits per heavy atom. The third-order valence-electron chi connectivity index (χ3n) is 11.5. The van der Waals surface area contributed by atoms with Crippen LogP contribution in [-0.2, 0) is 16.2 Å². The van der Waals surface area contributed by atoms with E-state index in [-0.39, 0.29) is 16.2 Å². The van der Waals surface area contributed by atoms with Gasteiger partial charge >= 0.3 is 0 Å². The molecule has 1 saturated carbocycles. The number of nitrogens with one attached hydrogen (secondary N) is 1. The van der Waals surface area contributed by atoms with Crippen LogP contribution in [0.25, 0.3) is 11.1 Å². The first kappa shape index (κ1) is 34.1. The van der Waals surface area contributed by atoms with Crippen molar-refractivity contribution in [1.29, 1.82) is 0 Å². The molecule has 0 atom stereocenters. The van der Waals surface area contributed by atoms with Crippen LogP contribution in [0.2, 0.25) is 0 Å². The van der Waals surface area contributed by atoms with Gasteiger partial charge in [-0.2, -0.15) is 0 Å². The summed E-state index contributed by atoms with van der Waals surface area (Å²) >= 11 is 0. The summed E-state index contributed by atoms with van der Waals surface area (Å²) in [4.78, 5) is 4.70. The molecule has 6 rings (SSSR count). The maximum atomic E-state index is 6.11. The predicted octanol–water partition coefficient (Wildman–Crippen LogP) is 8.77. The summed E-state index contributed by atoms with van der Waals surface area (Å²) in [5, 5.41) is 3.64. The van der Waals surface area contributed by atoms with Gasteiger partial charge < -0.3 is 26.6 Å². The number of benzene rings is 3. The molecule has 1 heterocycles. The Kier molecular flexibility index (Phi) is 9.41. The molecule has 5 heteroatoms. The molecule has 3 aromatic carbocycles. The van der Waals surface area contributed by atoms with E-state index < -0.39 is 0 Å². The fraction of sp³-hybridized carbons (Fsp3) is 0.442. The SMILES string of the molecule is C=C(/C=C/C=C1/N(CCCN)c2ccc3c(c2C1(C)C)-c1ccccc1C31CCCC1)C(C)(C)c1cc(N(C)C)ccc1NCCCN. The second-order valence-electron chi connectivity index (χ2n) is 15.4. The van der Waals surface area contributed by atoms with Crippen molar-refractivity contribution in [3.8, 4) is 11.1 Å². The Bertz CT molecular complexity index is 1730. The van der Waals surface area contributed by atoms with Gasteiger partial charge in [0.25, 0.3) is 0 Å². The number of nitrogens with two attached hydrogens (primary N) is 2. The number of fused-ring (bicyclic) bond motifs is 7. The summed E-state index contributed by atoms with van der Waals surface area (Å²) in [5.74, 6) is 0. The van der Waals surface area contributed by atoms with Crippen molar-refractivity contribution in [1.82, 2.24) is 0 Å². The van der Waals surface area contributed by atoms with Gasteiger partial charge in [-0.05, 0) is 108 Å². The van der Waals surface area contributed by atoms with Gasteiger partial charge in [-0.25, -0.2) is 0 Å². The molecule has 1 aliphatic heterocycles. The molecule has 1 fully saturated rings. The smallest absolute Gasteiger partial charge is 0.0457 e. The molecule has 48 heavy (non-hydrogen) atoms. The summed E-state index contributed by atoms with van der Waals surface area (Å²) in [6.45, 7) is 17.1. The molecule has 5 nitrogen and oxygen atoms in total. The molecule has 0 unspecified atom stereocenters. The van der Waals surface area contributed by atoms with Crippen LogP contribution in [0.1, 0.15) is 88.5 Å². The second kappa shape index (κ2) is 13.2. The van der Waals surface area contributed by atoms with Crippen molar-refractivity contribution in [3.63, 3.8) is 0 Å². The van der Waals surface area contributed by atoms with Crippen LogP contribution in [0.5, 0.6) is 0 Å². The maximum absolute atomic E-state index is 6.11. The van der Waals surface area contributed by atoms with Crippen LogP contribution in [0, 0.1) is 0 Å². The Morgan fingerprint density at radius 2 is 1.71 bits per heavy atom. The van der Waals surface area contributed by atoms with E-state index in [2.05, 4.69) is 136 Å². The monoisotopic (exact) mass is 643 g/mol. The average Bonchev–Trinajstić information content (AvgIpc) is 3.73. The standard InChI is InChI=1S/C43H57N5/c1-30(41(2,3)35-29-31(47(6)7)19-21-36(35)46-27-13-25-44)15-12-18-38-42(4,5)40-37(48(38)28-14-26-45)22-20-34-39(40)32-16-8-9-17-33(32)43(34)23-10-11-24-43/h8-9,12,15-22,29,46H,1,10-11,13-14,23-28,44-45H2,2-7H3/b15-12+,38-18+. The Morgan fingerprint density at radius 3 is 2.42 bits per heavy atom. The van der Waals surface area contributed by atoms with Gasteiger partial charge in [0.05, 0.1) is 0 Å². The molecule has 0 radical (unpaired) electrons. The van der Waals surface area contributed by atoms with Crippen LogP contribution in [-0.4, -0.2) is 40.3 Å². The zero-order chi connectivity index (χ0) is 34.3. The van der Waals surface area contributed by atoms with E-state index in [0.717, 1.165) is 37.2 Å². The van der Waals surface area contributed by atoms with E-state index in [1.807, 2.05) is 0 Å². The third-order valence-corrected chi connectivity index (χ3v) is 11.5. The van der Waals surface area contributed by atoms with E-state index in [1.54, 1.807) is 11.1 Å². The van der Waals surface area contributed by atoms with Crippen molar-refractivity contribution in [3.05, 3.63) is 113 Å². The summed E-state index contributed by atoms with van der Waals surface area (Å²) < 4.78 is 0. The highest BCUT2D eigenvalue weighted by atomic mass is 15.2. The zero-order valence-corrected chi connectivity index (χ0v) is 30.3. The zero-order valence-electron chi connectivity index (χ0n) is 30.3. The van der Waals surface area contributed by atoms with E-state index in [9.17, 15) is 0 Å². The van der Waals surface area contributed by atoms with Crippen LogP contribution in [0.15, 0.2) is 90.7 Å². The van der Waals surface area contributed by atoms with E-state index >= 15 is 0 Å². The van der Waals surface area contributed by atoms with Gasteiger partial charge in [0.15, 0.2) is 0 Å². The fourth-order valence-corrected chi connectivity index (χ4v) is 8.74. The molecule has 254 valence electrons. The van der Waals surface area contributed by atoms with Gasteiger partial charge in [0.2, 0.25) is 0 Å². The molecular weight excluding hydrogens is 587 g/mol. The van der Waals surface area contributed by atoms with Gasteiger partial charge in [-0.3, -0.25) is 0 Å². The Hall–Kier alpha value is -3.80. The van der Waals surface area contributed by atoms with Gasteiger partial charge in [-0.1, -0.05) is 89.6 Å². The van der Waals surface area contributed by atoms with Gasteiger partial charge in [0, 0.05) is 66.2 Å². The highest BCUT2D eigenvalue weighted by molar-refractivity contribution is 5.91. The molecule has 0 saturated heterocycles. The summed E-state index contributed by atoms with van der Waals surface area (Å²) in [6.07, 6.45) is 13.8. The maximum Gasteiger partial charge on any atom is 0.0457 e. The van der Waals surface area contributed by atoms with Crippen molar-refractivity contribution in [2.45, 2.75) is 82.5 Å². The largest absolute Gasteiger partial charge is 0.385 e. The molecule has 0 aromatic heterocycles. The lowest BCUT2D eigenvalue weighted by atomic mass is 9.75. The lowest BCUT2D eigenvalue weighted by Gasteiger charge is -2.31. The Balaban J connectivity index is 1.38. The number of hydrogen-bond donors (Lipinski definition) is 3. The number of nitrogens with zero attached hydrogens (tertiary/aromatic N) is 2. The lowest BCUT2D eigenvalue weighted by molar-refractivity contribution is 0.549. The first-order valence-corrected chi connectivity index (χ1v) is 18.1. The molecule has 2 aliphatic carbocycles. The van der Waals surface area contributed by atoms with Crippen LogP contribution in [0.4, 0.5) is 17.1 Å². The quantitative estimate of drug-likeness (QED) is 0.136. The van der Waals surface area contributed by atoms with Crippen molar-refractivity contribution in [2.75, 3.05) is 55.4 Å². The van der Waals surface area contributed by atoms with Crippen molar-refractivity contribution >= 4 is 17.1 Å².